The minimum absolute atomic E-state index is 0.0904. The number of piperazine rings is 1. The molecule has 0 aromatic heterocycles. The van der Waals surface area contributed by atoms with E-state index in [2.05, 4.69) is 53.0 Å². The first-order chi connectivity index (χ1) is 12.7. The highest BCUT2D eigenvalue weighted by Gasteiger charge is 2.48. The van der Waals surface area contributed by atoms with Gasteiger partial charge in [0.2, 0.25) is 0 Å². The van der Waals surface area contributed by atoms with Gasteiger partial charge in [0, 0.05) is 57.2 Å². The molecular formula is C21H27N5. The molecule has 1 spiro atoms. The Bertz CT molecular complexity index is 771. The fourth-order valence-electron chi connectivity index (χ4n) is 4.84. The largest absolute Gasteiger partial charge is 0.369 e. The van der Waals surface area contributed by atoms with Crippen LogP contribution in [0.15, 0.2) is 52.3 Å². The lowest BCUT2D eigenvalue weighted by Crippen LogP contribution is -2.46. The average Bonchev–Trinajstić information content (AvgIpc) is 2.88. The summed E-state index contributed by atoms with van der Waals surface area (Å²) in [5.41, 5.74) is 5.00. The van der Waals surface area contributed by atoms with E-state index in [1.54, 1.807) is 6.08 Å². The summed E-state index contributed by atoms with van der Waals surface area (Å²) in [5, 5.41) is 9.13. The Labute approximate surface area is 156 Å². The van der Waals surface area contributed by atoms with E-state index in [1.807, 2.05) is 6.20 Å². The lowest BCUT2D eigenvalue weighted by molar-refractivity contribution is 0.166. The Morgan fingerprint density at radius 3 is 2.77 bits per heavy atom. The number of rotatable bonds is 2. The average molecular weight is 349 g/mol. The van der Waals surface area contributed by atoms with E-state index < -0.39 is 0 Å². The normalized spacial score (nSPS) is 30.9. The fourth-order valence-corrected chi connectivity index (χ4v) is 4.84. The smallest absolute Gasteiger partial charge is 0.0914 e. The van der Waals surface area contributed by atoms with Crippen molar-refractivity contribution in [3.8, 4) is 6.07 Å². The van der Waals surface area contributed by atoms with Crippen LogP contribution in [0.25, 0.3) is 0 Å². The third-order valence-corrected chi connectivity index (χ3v) is 6.16. The lowest BCUT2D eigenvalue weighted by atomic mass is 9.69. The number of nitriles is 1. The standard InChI is InChI=1S/C21H27N5/c1-3-25-10-12-26(13-11-25)19-7-9-23-20-5-4-17(6-8-22)14-21(20)16-24(2)15-18(19)21/h4-7,9H,3,10-16H2,1-2H3. The van der Waals surface area contributed by atoms with Gasteiger partial charge in [-0.1, -0.05) is 13.0 Å². The molecular weight excluding hydrogens is 322 g/mol. The van der Waals surface area contributed by atoms with Gasteiger partial charge in [-0.2, -0.15) is 5.26 Å². The maximum absolute atomic E-state index is 9.13. The van der Waals surface area contributed by atoms with Gasteiger partial charge in [-0.05, 0) is 43.3 Å². The van der Waals surface area contributed by atoms with Gasteiger partial charge >= 0.3 is 0 Å². The van der Waals surface area contributed by atoms with E-state index in [0.717, 1.165) is 63.5 Å². The van der Waals surface area contributed by atoms with Crippen LogP contribution in [0.4, 0.5) is 0 Å². The van der Waals surface area contributed by atoms with E-state index in [9.17, 15) is 0 Å². The lowest BCUT2D eigenvalue weighted by Gasteiger charge is -2.39. The zero-order chi connectivity index (χ0) is 18.1. The number of likely N-dealkylation sites (tertiary alicyclic amines) is 1. The van der Waals surface area contributed by atoms with E-state index in [1.165, 1.54) is 11.3 Å². The quantitative estimate of drug-likeness (QED) is 0.717. The van der Waals surface area contributed by atoms with Crippen LogP contribution in [0.3, 0.4) is 0 Å². The maximum Gasteiger partial charge on any atom is 0.0914 e. The van der Waals surface area contributed by atoms with Gasteiger partial charge in [0.15, 0.2) is 0 Å². The van der Waals surface area contributed by atoms with E-state index in [4.69, 9.17) is 10.3 Å². The van der Waals surface area contributed by atoms with Crippen molar-refractivity contribution in [1.29, 1.82) is 5.26 Å². The van der Waals surface area contributed by atoms with Crippen LogP contribution >= 0.6 is 0 Å². The van der Waals surface area contributed by atoms with Crippen LogP contribution in [0.1, 0.15) is 13.3 Å². The van der Waals surface area contributed by atoms with Crippen LogP contribution in [-0.4, -0.2) is 73.3 Å². The molecule has 1 atom stereocenters. The van der Waals surface area contributed by atoms with Crippen molar-refractivity contribution in [2.45, 2.75) is 13.3 Å². The van der Waals surface area contributed by atoms with E-state index >= 15 is 0 Å². The number of hydrogen-bond acceptors (Lipinski definition) is 5. The van der Waals surface area contributed by atoms with Gasteiger partial charge in [0.05, 0.1) is 17.2 Å². The Hall–Kier alpha value is -2.16. The Morgan fingerprint density at radius 2 is 2.04 bits per heavy atom. The molecule has 2 saturated heterocycles. The van der Waals surface area contributed by atoms with Gasteiger partial charge in [-0.3, -0.25) is 4.99 Å². The molecule has 26 heavy (non-hydrogen) atoms. The zero-order valence-corrected chi connectivity index (χ0v) is 15.8. The fraction of sp³-hybridized carbons (Fsp3) is 0.524. The molecule has 0 N–H and O–H groups in total. The molecule has 0 amide bonds. The van der Waals surface area contributed by atoms with Gasteiger partial charge in [-0.15, -0.1) is 0 Å². The predicted octanol–water partition coefficient (Wildman–Crippen LogP) is 2.19. The SMILES string of the molecule is CCN1CCN(C2=C3CN(C)CC34CC(=CC#N)C=CC4=NC=C2)CC1. The highest BCUT2D eigenvalue weighted by molar-refractivity contribution is 6.05. The molecule has 2 fully saturated rings. The molecule has 5 nitrogen and oxygen atoms in total. The minimum Gasteiger partial charge on any atom is -0.369 e. The van der Waals surface area contributed by atoms with Gasteiger partial charge < -0.3 is 14.7 Å². The summed E-state index contributed by atoms with van der Waals surface area (Å²) < 4.78 is 0. The van der Waals surface area contributed by atoms with Gasteiger partial charge in [0.25, 0.3) is 0 Å². The summed E-state index contributed by atoms with van der Waals surface area (Å²) in [5.74, 6) is 0. The topological polar surface area (TPSA) is 45.9 Å². The molecule has 3 heterocycles. The number of likely N-dealkylation sites (N-methyl/N-ethyl adjacent to an activating group) is 2. The van der Waals surface area contributed by atoms with Crippen LogP contribution in [-0.2, 0) is 0 Å². The molecule has 1 unspecified atom stereocenters. The maximum atomic E-state index is 9.13. The van der Waals surface area contributed by atoms with Crippen molar-refractivity contribution in [3.63, 3.8) is 0 Å². The Morgan fingerprint density at radius 1 is 1.23 bits per heavy atom. The molecule has 0 radical (unpaired) electrons. The molecule has 1 aliphatic carbocycles. The van der Waals surface area contributed by atoms with Gasteiger partial charge in [-0.25, -0.2) is 0 Å². The van der Waals surface area contributed by atoms with Crippen molar-refractivity contribution in [2.75, 3.05) is 52.9 Å². The van der Waals surface area contributed by atoms with Crippen LogP contribution in [0, 0.1) is 16.7 Å². The summed E-state index contributed by atoms with van der Waals surface area (Å²) in [7, 11) is 2.19. The first-order valence-corrected chi connectivity index (χ1v) is 9.57. The number of aliphatic imine (C=N–C) groups is 1. The van der Waals surface area contributed by atoms with Crippen LogP contribution in [0.5, 0.6) is 0 Å². The molecule has 0 saturated carbocycles. The van der Waals surface area contributed by atoms with Gasteiger partial charge in [0.1, 0.15) is 0 Å². The molecule has 0 aromatic rings. The first kappa shape index (κ1) is 17.3. The van der Waals surface area contributed by atoms with E-state index in [0.29, 0.717) is 0 Å². The van der Waals surface area contributed by atoms with Crippen molar-refractivity contribution >= 4 is 5.71 Å². The number of nitrogens with zero attached hydrogens (tertiary/aromatic N) is 5. The number of hydrogen-bond donors (Lipinski definition) is 0. The Kier molecular flexibility index (Phi) is 4.56. The van der Waals surface area contributed by atoms with Crippen molar-refractivity contribution in [3.05, 3.63) is 47.3 Å². The van der Waals surface area contributed by atoms with Crippen LogP contribution in [0.2, 0.25) is 0 Å². The molecule has 0 bridgehead atoms. The summed E-state index contributed by atoms with van der Waals surface area (Å²) in [6, 6.07) is 2.21. The Balaban J connectivity index is 1.75. The summed E-state index contributed by atoms with van der Waals surface area (Å²) >= 11 is 0. The van der Waals surface area contributed by atoms with E-state index in [-0.39, 0.29) is 5.41 Å². The van der Waals surface area contributed by atoms with Crippen LogP contribution < -0.4 is 0 Å². The monoisotopic (exact) mass is 349 g/mol. The molecule has 136 valence electrons. The second-order valence-electron chi connectivity index (χ2n) is 7.73. The summed E-state index contributed by atoms with van der Waals surface area (Å²) in [6.45, 7) is 9.69. The first-order valence-electron chi connectivity index (χ1n) is 9.57. The van der Waals surface area contributed by atoms with Crippen molar-refractivity contribution < 1.29 is 0 Å². The third kappa shape index (κ3) is 2.84. The highest BCUT2D eigenvalue weighted by atomic mass is 15.3. The number of allylic oxidation sites excluding steroid dienone is 5. The van der Waals surface area contributed by atoms with Crippen molar-refractivity contribution in [2.24, 2.45) is 10.4 Å². The predicted molar refractivity (Wildman–Crippen MR) is 105 cm³/mol. The molecule has 5 heteroatoms. The molecule has 4 aliphatic rings. The molecule has 3 aliphatic heterocycles. The second kappa shape index (κ2) is 6.86. The molecule has 4 rings (SSSR count). The zero-order valence-electron chi connectivity index (χ0n) is 15.8. The minimum atomic E-state index is -0.0904. The highest BCUT2D eigenvalue weighted by Crippen LogP contribution is 2.47. The molecule has 0 aromatic carbocycles. The van der Waals surface area contributed by atoms with Crippen molar-refractivity contribution in [1.82, 2.24) is 14.7 Å². The second-order valence-corrected chi connectivity index (χ2v) is 7.73. The summed E-state index contributed by atoms with van der Waals surface area (Å²) in [6.07, 6.45) is 10.9. The third-order valence-electron chi connectivity index (χ3n) is 6.16. The summed E-state index contributed by atoms with van der Waals surface area (Å²) in [4.78, 5) is 12.3.